The molecule has 1 aliphatic rings. The van der Waals surface area contributed by atoms with Crippen LogP contribution in [0.1, 0.15) is 44.0 Å². The van der Waals surface area contributed by atoms with Crippen molar-refractivity contribution in [2.45, 2.75) is 52.1 Å². The molecule has 0 atom stereocenters. The van der Waals surface area contributed by atoms with Gasteiger partial charge in [0, 0.05) is 23.3 Å². The molecular formula is C13H21N3. The molecule has 0 radical (unpaired) electrons. The molecule has 88 valence electrons. The molecule has 1 heterocycles. The van der Waals surface area contributed by atoms with Crippen molar-refractivity contribution in [2.24, 2.45) is 5.73 Å². The minimum atomic E-state index is 0.0315. The summed E-state index contributed by atoms with van der Waals surface area (Å²) < 4.78 is 0. The number of aryl methyl sites for hydroxylation is 2. The summed E-state index contributed by atoms with van der Waals surface area (Å²) in [6, 6.07) is 2.23. The van der Waals surface area contributed by atoms with E-state index >= 15 is 0 Å². The summed E-state index contributed by atoms with van der Waals surface area (Å²) in [5, 5.41) is 3.44. The SMILES string of the molecule is CC(C)(C)Nc1nc2c(cc1CN)CCC2. The van der Waals surface area contributed by atoms with E-state index in [0.29, 0.717) is 6.54 Å². The van der Waals surface area contributed by atoms with Crippen LogP contribution in [0, 0.1) is 0 Å². The zero-order chi connectivity index (χ0) is 11.8. The molecule has 3 heteroatoms. The Kier molecular flexibility index (Phi) is 2.89. The molecule has 1 aromatic heterocycles. The van der Waals surface area contributed by atoms with Crippen LogP contribution in [0.15, 0.2) is 6.07 Å². The quantitative estimate of drug-likeness (QED) is 0.802. The van der Waals surface area contributed by atoms with Gasteiger partial charge in [0.1, 0.15) is 5.82 Å². The summed E-state index contributed by atoms with van der Waals surface area (Å²) >= 11 is 0. The van der Waals surface area contributed by atoms with Gasteiger partial charge in [-0.15, -0.1) is 0 Å². The van der Waals surface area contributed by atoms with Crippen LogP contribution in [-0.2, 0) is 19.4 Å². The molecule has 0 saturated heterocycles. The van der Waals surface area contributed by atoms with E-state index in [0.717, 1.165) is 24.2 Å². The van der Waals surface area contributed by atoms with Crippen LogP contribution in [0.2, 0.25) is 0 Å². The van der Waals surface area contributed by atoms with Crippen LogP contribution < -0.4 is 11.1 Å². The monoisotopic (exact) mass is 219 g/mol. The first-order chi connectivity index (χ1) is 7.49. The highest BCUT2D eigenvalue weighted by Gasteiger charge is 2.18. The molecule has 16 heavy (non-hydrogen) atoms. The van der Waals surface area contributed by atoms with Gasteiger partial charge in [-0.25, -0.2) is 4.98 Å². The Morgan fingerprint density at radius 1 is 1.38 bits per heavy atom. The lowest BCUT2D eigenvalue weighted by Crippen LogP contribution is -2.28. The molecule has 1 aliphatic carbocycles. The molecule has 0 unspecified atom stereocenters. The smallest absolute Gasteiger partial charge is 0.131 e. The number of aromatic nitrogens is 1. The van der Waals surface area contributed by atoms with Crippen LogP contribution in [0.25, 0.3) is 0 Å². The Morgan fingerprint density at radius 3 is 2.75 bits per heavy atom. The maximum Gasteiger partial charge on any atom is 0.131 e. The summed E-state index contributed by atoms with van der Waals surface area (Å²) in [5.74, 6) is 0.968. The third-order valence-corrected chi connectivity index (χ3v) is 2.84. The van der Waals surface area contributed by atoms with Gasteiger partial charge in [0.25, 0.3) is 0 Å². The summed E-state index contributed by atoms with van der Waals surface area (Å²) in [4.78, 5) is 4.72. The third-order valence-electron chi connectivity index (χ3n) is 2.84. The lowest BCUT2D eigenvalue weighted by Gasteiger charge is -2.23. The molecule has 0 fully saturated rings. The van der Waals surface area contributed by atoms with Crippen molar-refractivity contribution >= 4 is 5.82 Å². The molecule has 0 bridgehead atoms. The zero-order valence-corrected chi connectivity index (χ0v) is 10.4. The van der Waals surface area contributed by atoms with Gasteiger partial charge >= 0.3 is 0 Å². The average molecular weight is 219 g/mol. The first-order valence-corrected chi connectivity index (χ1v) is 5.99. The highest BCUT2D eigenvalue weighted by atomic mass is 15.0. The Morgan fingerprint density at radius 2 is 2.12 bits per heavy atom. The Labute approximate surface area is 97.5 Å². The molecule has 0 amide bonds. The first-order valence-electron chi connectivity index (χ1n) is 5.99. The number of hydrogen-bond acceptors (Lipinski definition) is 3. The molecule has 3 N–H and O–H groups in total. The van der Waals surface area contributed by atoms with Crippen molar-refractivity contribution in [3.63, 3.8) is 0 Å². The lowest BCUT2D eigenvalue weighted by atomic mass is 10.1. The second-order valence-electron chi connectivity index (χ2n) is 5.53. The standard InChI is InChI=1S/C13H21N3/c1-13(2,3)16-12-10(8-14)7-9-5-4-6-11(9)15-12/h7H,4-6,8,14H2,1-3H3,(H,15,16). The molecule has 0 aliphatic heterocycles. The molecule has 0 spiro atoms. The van der Waals surface area contributed by atoms with Gasteiger partial charge in [-0.05, 0) is 51.7 Å². The van der Waals surface area contributed by atoms with E-state index < -0.39 is 0 Å². The van der Waals surface area contributed by atoms with Crippen LogP contribution in [0.5, 0.6) is 0 Å². The Balaban J connectivity index is 2.36. The van der Waals surface area contributed by atoms with Gasteiger partial charge in [-0.3, -0.25) is 0 Å². The van der Waals surface area contributed by atoms with Gasteiger partial charge < -0.3 is 11.1 Å². The maximum absolute atomic E-state index is 5.78. The number of nitrogens with zero attached hydrogens (tertiary/aromatic N) is 1. The fourth-order valence-electron chi connectivity index (χ4n) is 2.14. The molecule has 2 rings (SSSR count). The largest absolute Gasteiger partial charge is 0.365 e. The van der Waals surface area contributed by atoms with Crippen molar-refractivity contribution in [2.75, 3.05) is 5.32 Å². The summed E-state index contributed by atoms with van der Waals surface area (Å²) in [6.07, 6.45) is 3.50. The van der Waals surface area contributed by atoms with Gasteiger partial charge in [-0.1, -0.05) is 0 Å². The number of pyridine rings is 1. The van der Waals surface area contributed by atoms with Gasteiger partial charge in [0.15, 0.2) is 0 Å². The van der Waals surface area contributed by atoms with E-state index in [9.17, 15) is 0 Å². The second-order valence-corrected chi connectivity index (χ2v) is 5.53. The minimum Gasteiger partial charge on any atom is -0.365 e. The molecular weight excluding hydrogens is 198 g/mol. The fraction of sp³-hybridized carbons (Fsp3) is 0.615. The molecule has 1 aromatic rings. The van der Waals surface area contributed by atoms with Crippen molar-refractivity contribution in [1.82, 2.24) is 4.98 Å². The number of hydrogen-bond donors (Lipinski definition) is 2. The summed E-state index contributed by atoms with van der Waals surface area (Å²) in [6.45, 7) is 6.98. The number of rotatable bonds is 2. The number of fused-ring (bicyclic) bond motifs is 1. The van der Waals surface area contributed by atoms with Crippen LogP contribution >= 0.6 is 0 Å². The van der Waals surface area contributed by atoms with Crippen molar-refractivity contribution < 1.29 is 0 Å². The second kappa shape index (κ2) is 4.06. The van der Waals surface area contributed by atoms with Crippen molar-refractivity contribution in [3.05, 3.63) is 22.9 Å². The van der Waals surface area contributed by atoms with E-state index in [1.807, 2.05) is 0 Å². The van der Waals surface area contributed by atoms with Gasteiger partial charge in [0.2, 0.25) is 0 Å². The van der Waals surface area contributed by atoms with Crippen LogP contribution in [0.3, 0.4) is 0 Å². The lowest BCUT2D eigenvalue weighted by molar-refractivity contribution is 0.628. The van der Waals surface area contributed by atoms with Gasteiger partial charge in [-0.2, -0.15) is 0 Å². The number of nitrogens with two attached hydrogens (primary N) is 1. The summed E-state index contributed by atoms with van der Waals surface area (Å²) in [7, 11) is 0. The van der Waals surface area contributed by atoms with Gasteiger partial charge in [0.05, 0.1) is 0 Å². The first kappa shape index (κ1) is 11.4. The Hall–Kier alpha value is -1.09. The summed E-state index contributed by atoms with van der Waals surface area (Å²) in [5.41, 5.74) is 9.59. The topological polar surface area (TPSA) is 50.9 Å². The highest BCUT2D eigenvalue weighted by Crippen LogP contribution is 2.26. The normalized spacial score (nSPS) is 15.0. The Bertz CT molecular complexity index is 391. The number of anilines is 1. The van der Waals surface area contributed by atoms with Crippen LogP contribution in [0.4, 0.5) is 5.82 Å². The van der Waals surface area contributed by atoms with Crippen molar-refractivity contribution in [3.8, 4) is 0 Å². The zero-order valence-electron chi connectivity index (χ0n) is 10.4. The predicted octanol–water partition coefficient (Wildman–Crippen LogP) is 2.24. The van der Waals surface area contributed by atoms with E-state index in [2.05, 4.69) is 32.2 Å². The molecule has 3 nitrogen and oxygen atoms in total. The van der Waals surface area contributed by atoms with Crippen LogP contribution in [-0.4, -0.2) is 10.5 Å². The average Bonchev–Trinajstić information content (AvgIpc) is 2.60. The van der Waals surface area contributed by atoms with Crippen molar-refractivity contribution in [1.29, 1.82) is 0 Å². The maximum atomic E-state index is 5.78. The molecule has 0 saturated carbocycles. The van der Waals surface area contributed by atoms with E-state index in [1.165, 1.54) is 17.7 Å². The van der Waals surface area contributed by atoms with E-state index in [4.69, 9.17) is 10.7 Å². The fourth-order valence-corrected chi connectivity index (χ4v) is 2.14. The number of nitrogens with one attached hydrogen (secondary N) is 1. The minimum absolute atomic E-state index is 0.0315. The van der Waals surface area contributed by atoms with E-state index in [1.54, 1.807) is 0 Å². The molecule has 0 aromatic carbocycles. The predicted molar refractivity (Wildman–Crippen MR) is 67.5 cm³/mol. The third kappa shape index (κ3) is 2.35. The highest BCUT2D eigenvalue weighted by molar-refractivity contribution is 5.50. The van der Waals surface area contributed by atoms with E-state index in [-0.39, 0.29) is 5.54 Å².